The van der Waals surface area contributed by atoms with Crippen molar-refractivity contribution in [2.75, 3.05) is 0 Å². The van der Waals surface area contributed by atoms with Crippen molar-refractivity contribution in [1.82, 2.24) is 9.55 Å². The summed E-state index contributed by atoms with van der Waals surface area (Å²) in [6.07, 6.45) is 6.85. The number of nitrogens with zero attached hydrogens (tertiary/aromatic N) is 2. The van der Waals surface area contributed by atoms with Crippen LogP contribution >= 0.6 is 0 Å². The Kier molecular flexibility index (Phi) is 11.0. The van der Waals surface area contributed by atoms with Crippen LogP contribution in [0.15, 0.2) is 103 Å². The van der Waals surface area contributed by atoms with E-state index in [1.165, 1.54) is 47.5 Å². The van der Waals surface area contributed by atoms with Crippen LogP contribution < -0.4 is 0 Å². The number of para-hydroxylation sites is 1. The van der Waals surface area contributed by atoms with E-state index in [0.717, 1.165) is 42.0 Å². The molecule has 0 unspecified atom stereocenters. The molecule has 0 aliphatic heterocycles. The van der Waals surface area contributed by atoms with Gasteiger partial charge < -0.3 is 5.11 Å². The molecule has 0 saturated carbocycles. The Morgan fingerprint density at radius 2 is 1.50 bits per heavy atom. The van der Waals surface area contributed by atoms with E-state index in [9.17, 15) is 9.90 Å². The van der Waals surface area contributed by atoms with Gasteiger partial charge >= 0.3 is 179 Å². The van der Waals surface area contributed by atoms with E-state index in [-0.39, 0.29) is 58.0 Å². The minimum atomic E-state index is 0. The number of allylic oxidation sites excluding steroid dienone is 2. The van der Waals surface area contributed by atoms with Crippen molar-refractivity contribution in [3.05, 3.63) is 109 Å². The fourth-order valence-electron chi connectivity index (χ4n) is 6.40. The molecule has 0 bridgehead atoms. The summed E-state index contributed by atoms with van der Waals surface area (Å²) in [5, 5.41) is 15.9. The zero-order chi connectivity index (χ0) is 31.5. The predicted octanol–water partition coefficient (Wildman–Crippen LogP) is 10.4. The molecule has 3 aromatic heterocycles. The number of hydrogen-bond acceptors (Lipinski definition) is 3. The van der Waals surface area contributed by atoms with Crippen LogP contribution in [0.1, 0.15) is 53.4 Å². The molecule has 0 spiro atoms. The van der Waals surface area contributed by atoms with Gasteiger partial charge in [-0.15, -0.1) is 0 Å². The van der Waals surface area contributed by atoms with Gasteiger partial charge in [0.2, 0.25) is 0 Å². The van der Waals surface area contributed by atoms with Crippen LogP contribution in [0.4, 0.5) is 0 Å². The number of aliphatic hydroxyl groups is 1. The van der Waals surface area contributed by atoms with Gasteiger partial charge in [-0.2, -0.15) is 0 Å². The third kappa shape index (κ3) is 6.37. The monoisotopic (exact) mass is 852 g/mol. The molecule has 0 amide bonds. The molecule has 0 fully saturated rings. The molecular weight excluding hydrogens is 812 g/mol. The third-order valence-corrected chi connectivity index (χ3v) is 11.3. The fourth-order valence-corrected chi connectivity index (χ4v) is 8.77. The van der Waals surface area contributed by atoms with Crippen molar-refractivity contribution in [3.8, 4) is 5.69 Å². The number of aromatic nitrogens is 2. The summed E-state index contributed by atoms with van der Waals surface area (Å²) >= 11 is 0.186. The number of aliphatic hydroxyl groups excluding tert-OH is 1. The molecule has 1 radical (unpaired) electrons. The number of ketones is 1. The number of hydrogen-bond donors (Lipinski definition) is 1. The molecule has 0 atom stereocenters. The molecule has 1 N–H and O–H groups in total. The summed E-state index contributed by atoms with van der Waals surface area (Å²) in [6, 6.07) is 34.1. The minimum absolute atomic E-state index is 0. The van der Waals surface area contributed by atoms with Gasteiger partial charge in [-0.1, -0.05) is 27.7 Å². The second-order valence-corrected chi connectivity index (χ2v) is 13.8. The quantitative estimate of drug-likeness (QED) is 0.0717. The van der Waals surface area contributed by atoms with Crippen LogP contribution in [0.2, 0.25) is 0 Å². The standard InChI is InChI=1S/C27H15N2Se.C13H24O2.Ir/c1-2-9-19(10-3-1)29-21-11-6-12-23-25(21)26-22(29)13-14-28-27(26)20-15-17-7-4-5-8-18(17)16-24(20)30-23;1-5-10(6-2)12(14)9-13(15)11(7-3)8-4;/h1-14,16H;9-11,14H,5-8H2,1-4H3;/q-1;;/b;12-9-;. The van der Waals surface area contributed by atoms with E-state index in [4.69, 9.17) is 4.98 Å². The van der Waals surface area contributed by atoms with E-state index in [1.807, 2.05) is 33.9 Å². The van der Waals surface area contributed by atoms with Crippen LogP contribution in [0, 0.1) is 17.9 Å². The first-order chi connectivity index (χ1) is 22.0. The normalized spacial score (nSPS) is 11.9. The Balaban J connectivity index is 0.000000225. The van der Waals surface area contributed by atoms with Crippen molar-refractivity contribution in [3.63, 3.8) is 0 Å². The van der Waals surface area contributed by atoms with E-state index in [0.29, 0.717) is 0 Å². The van der Waals surface area contributed by atoms with E-state index in [2.05, 4.69) is 95.6 Å². The molecule has 6 heteroatoms. The van der Waals surface area contributed by atoms with Crippen LogP contribution in [0.5, 0.6) is 0 Å². The van der Waals surface area contributed by atoms with Gasteiger partial charge in [0.15, 0.2) is 5.78 Å². The van der Waals surface area contributed by atoms with Gasteiger partial charge in [-0.25, -0.2) is 0 Å². The Bertz CT molecular complexity index is 2150. The Labute approximate surface area is 290 Å². The molecule has 4 nitrogen and oxygen atoms in total. The number of fused-ring (bicyclic) bond motifs is 3. The van der Waals surface area contributed by atoms with E-state index >= 15 is 0 Å². The molecule has 7 rings (SSSR count). The first-order valence-corrected chi connectivity index (χ1v) is 17.7. The van der Waals surface area contributed by atoms with Crippen molar-refractivity contribution in [2.45, 2.75) is 53.4 Å². The average Bonchev–Trinajstić information content (AvgIpc) is 3.34. The first kappa shape index (κ1) is 33.8. The number of pyridine rings is 1. The number of rotatable bonds is 8. The number of carbonyl (C=O) groups excluding carboxylic acids is 1. The Hall–Kier alpha value is -3.53. The molecule has 0 saturated heterocycles. The molecule has 237 valence electrons. The maximum atomic E-state index is 11.7. The third-order valence-electron chi connectivity index (χ3n) is 8.97. The van der Waals surface area contributed by atoms with Crippen molar-refractivity contribution in [2.24, 2.45) is 11.8 Å². The summed E-state index contributed by atoms with van der Waals surface area (Å²) in [5.74, 6) is 0.547. The van der Waals surface area contributed by atoms with Crippen molar-refractivity contribution in [1.29, 1.82) is 0 Å². The zero-order valence-electron chi connectivity index (χ0n) is 26.7. The molecular formula is C40H39IrN2O2Se-. The molecule has 3 heterocycles. The molecule has 46 heavy (non-hydrogen) atoms. The van der Waals surface area contributed by atoms with Crippen molar-refractivity contribution >= 4 is 72.3 Å². The summed E-state index contributed by atoms with van der Waals surface area (Å²) < 4.78 is 5.15. The van der Waals surface area contributed by atoms with Crippen LogP contribution in [0.3, 0.4) is 0 Å². The maximum absolute atomic E-state index is 11.7. The predicted molar refractivity (Wildman–Crippen MR) is 191 cm³/mol. The van der Waals surface area contributed by atoms with Gasteiger partial charge in [0.25, 0.3) is 0 Å². The van der Waals surface area contributed by atoms with Gasteiger partial charge in [-0.05, 0) is 25.7 Å². The first-order valence-electron chi connectivity index (χ1n) is 16.0. The number of carbonyl (C=O) groups is 1. The molecule has 7 aromatic rings. The van der Waals surface area contributed by atoms with Gasteiger partial charge in [0.1, 0.15) is 0 Å². The summed E-state index contributed by atoms with van der Waals surface area (Å²) in [6.45, 7) is 8.07. The zero-order valence-corrected chi connectivity index (χ0v) is 30.8. The molecule has 4 aromatic carbocycles. The van der Waals surface area contributed by atoms with Crippen LogP contribution in [0.25, 0.3) is 57.7 Å². The summed E-state index contributed by atoms with van der Waals surface area (Å²) in [7, 11) is 0. The average molecular weight is 851 g/mol. The second kappa shape index (κ2) is 14.9. The van der Waals surface area contributed by atoms with Gasteiger partial charge in [-0.3, -0.25) is 4.79 Å². The summed E-state index contributed by atoms with van der Waals surface area (Å²) in [4.78, 5) is 16.6. The molecule has 0 aliphatic rings. The van der Waals surface area contributed by atoms with E-state index < -0.39 is 0 Å². The second-order valence-electron chi connectivity index (χ2n) is 11.6. The number of benzene rings is 4. The van der Waals surface area contributed by atoms with Gasteiger partial charge in [0.05, 0.1) is 5.76 Å². The van der Waals surface area contributed by atoms with Crippen molar-refractivity contribution < 1.29 is 30.0 Å². The SMILES string of the molecule is CCC(CC)C(=O)/C=C(\O)C(CC)CC.[Ir].[c-]1c2ccccc2cc2[se]c3cccc4c3c3c(nccc3n4-c3ccccc3)c12. The van der Waals surface area contributed by atoms with Crippen LogP contribution in [-0.2, 0) is 24.9 Å². The van der Waals surface area contributed by atoms with Gasteiger partial charge in [0, 0.05) is 38.0 Å². The fraction of sp³-hybridized carbons (Fsp3) is 0.250. The Morgan fingerprint density at radius 3 is 2.22 bits per heavy atom. The molecule has 0 aliphatic carbocycles. The van der Waals surface area contributed by atoms with E-state index in [1.54, 1.807) is 0 Å². The summed E-state index contributed by atoms with van der Waals surface area (Å²) in [5.41, 5.74) is 4.70. The van der Waals surface area contributed by atoms with Crippen LogP contribution in [-0.4, -0.2) is 34.9 Å². The topological polar surface area (TPSA) is 55.1 Å². The Morgan fingerprint density at radius 1 is 0.826 bits per heavy atom.